The highest BCUT2D eigenvalue weighted by Gasteiger charge is 2.49. The minimum absolute atomic E-state index is 0.0873. The van der Waals surface area contributed by atoms with Crippen LogP contribution in [0.5, 0.6) is 0 Å². The second-order valence-electron chi connectivity index (χ2n) is 5.95. The average molecular weight is 343 g/mol. The van der Waals surface area contributed by atoms with Crippen molar-refractivity contribution in [2.45, 2.75) is 12.3 Å². The van der Waals surface area contributed by atoms with Crippen LogP contribution in [-0.4, -0.2) is 22.8 Å². The number of carbonyl (C=O) groups is 3. The molecule has 1 aliphatic heterocycles. The van der Waals surface area contributed by atoms with Crippen molar-refractivity contribution in [2.75, 3.05) is 0 Å². The number of benzene rings is 2. The molecule has 2 aromatic rings. The molecular formula is C18H11F2NO4. The van der Waals surface area contributed by atoms with Gasteiger partial charge in [0.05, 0.1) is 17.0 Å². The summed E-state index contributed by atoms with van der Waals surface area (Å²) in [7, 11) is 0. The number of fused-ring (bicyclic) bond motifs is 1. The fourth-order valence-corrected chi connectivity index (χ4v) is 3.01. The maximum absolute atomic E-state index is 13.8. The van der Waals surface area contributed by atoms with Crippen LogP contribution in [-0.2, 0) is 9.63 Å². The van der Waals surface area contributed by atoms with Crippen LogP contribution in [0.25, 0.3) is 0 Å². The van der Waals surface area contributed by atoms with Crippen LogP contribution in [0.2, 0.25) is 0 Å². The van der Waals surface area contributed by atoms with E-state index >= 15 is 0 Å². The zero-order valence-electron chi connectivity index (χ0n) is 12.7. The highest BCUT2D eigenvalue weighted by molar-refractivity contribution is 6.20. The van der Waals surface area contributed by atoms with Crippen molar-refractivity contribution >= 4 is 17.8 Å². The van der Waals surface area contributed by atoms with Crippen LogP contribution in [0.15, 0.2) is 42.5 Å². The third-order valence-electron chi connectivity index (χ3n) is 4.41. The number of nitrogens with zero attached hydrogens (tertiary/aromatic N) is 1. The molecule has 0 saturated heterocycles. The minimum atomic E-state index is -0.997. The van der Waals surface area contributed by atoms with Crippen LogP contribution in [0.1, 0.15) is 38.6 Å². The summed E-state index contributed by atoms with van der Waals surface area (Å²) >= 11 is 0. The lowest BCUT2D eigenvalue weighted by atomic mass is 10.1. The molecule has 1 heterocycles. The Hall–Kier alpha value is -3.09. The Morgan fingerprint density at radius 2 is 1.64 bits per heavy atom. The zero-order valence-corrected chi connectivity index (χ0v) is 12.7. The first-order valence-electron chi connectivity index (χ1n) is 7.62. The van der Waals surface area contributed by atoms with Crippen LogP contribution >= 0.6 is 0 Å². The lowest BCUT2D eigenvalue weighted by molar-refractivity contribution is -0.170. The molecule has 126 valence electrons. The number of halogens is 2. The standard InChI is InChI=1S/C18H11F2NO4/c19-14-7-3-6-9(15(14)20)12-8-13(12)18(24)25-21-16(22)10-4-1-2-5-11(10)17(21)23/h1-7,12-13H,8H2/t12-,13+/m0/s1. The van der Waals surface area contributed by atoms with Gasteiger partial charge in [-0.05, 0) is 30.2 Å². The molecule has 4 rings (SSSR count). The summed E-state index contributed by atoms with van der Waals surface area (Å²) in [5, 5.41) is 0.421. The van der Waals surface area contributed by atoms with E-state index in [2.05, 4.69) is 0 Å². The number of hydroxylamine groups is 2. The summed E-state index contributed by atoms with van der Waals surface area (Å²) in [5.74, 6) is -5.49. The van der Waals surface area contributed by atoms with Crippen LogP contribution in [0.4, 0.5) is 8.78 Å². The molecule has 0 N–H and O–H groups in total. The molecule has 0 unspecified atom stereocenters. The fourth-order valence-electron chi connectivity index (χ4n) is 3.01. The Kier molecular flexibility index (Phi) is 3.38. The number of hydrogen-bond acceptors (Lipinski definition) is 4. The van der Waals surface area contributed by atoms with E-state index < -0.39 is 41.3 Å². The Morgan fingerprint density at radius 1 is 1.00 bits per heavy atom. The molecule has 25 heavy (non-hydrogen) atoms. The fraction of sp³-hybridized carbons (Fsp3) is 0.167. The Labute approximate surface area is 140 Å². The molecule has 5 nitrogen and oxygen atoms in total. The summed E-state index contributed by atoms with van der Waals surface area (Å²) < 4.78 is 27.1. The SMILES string of the molecule is O=C(ON1C(=O)c2ccccc2C1=O)[C@@H]1C[C@H]1c1cccc(F)c1F. The third-order valence-corrected chi connectivity index (χ3v) is 4.41. The molecule has 0 radical (unpaired) electrons. The Bertz CT molecular complexity index is 892. The van der Waals surface area contributed by atoms with E-state index in [0.717, 1.165) is 6.07 Å². The summed E-state index contributed by atoms with van der Waals surface area (Å²) in [4.78, 5) is 41.5. The van der Waals surface area contributed by atoms with Gasteiger partial charge in [0, 0.05) is 5.92 Å². The van der Waals surface area contributed by atoms with Crippen LogP contribution in [0, 0.1) is 17.6 Å². The maximum Gasteiger partial charge on any atom is 0.336 e. The number of amides is 2. The Morgan fingerprint density at radius 3 is 2.28 bits per heavy atom. The molecule has 1 aliphatic carbocycles. The van der Waals surface area contributed by atoms with Crippen LogP contribution < -0.4 is 0 Å². The normalized spacial score (nSPS) is 21.3. The van der Waals surface area contributed by atoms with Gasteiger partial charge in [-0.15, -0.1) is 0 Å². The van der Waals surface area contributed by atoms with Gasteiger partial charge in [-0.3, -0.25) is 9.59 Å². The van der Waals surface area contributed by atoms with Crippen LogP contribution in [0.3, 0.4) is 0 Å². The van der Waals surface area contributed by atoms with Gasteiger partial charge in [-0.1, -0.05) is 29.3 Å². The van der Waals surface area contributed by atoms with E-state index in [1.165, 1.54) is 24.3 Å². The smallest absolute Gasteiger partial charge is 0.329 e. The molecule has 2 aliphatic rings. The highest BCUT2D eigenvalue weighted by atomic mass is 19.2. The second-order valence-corrected chi connectivity index (χ2v) is 5.95. The monoisotopic (exact) mass is 343 g/mol. The summed E-state index contributed by atoms with van der Waals surface area (Å²) in [6.07, 6.45) is 0.266. The van der Waals surface area contributed by atoms with E-state index in [4.69, 9.17) is 4.84 Å². The largest absolute Gasteiger partial charge is 0.336 e. The maximum atomic E-state index is 13.8. The van der Waals surface area contributed by atoms with Gasteiger partial charge < -0.3 is 4.84 Å². The van der Waals surface area contributed by atoms with E-state index in [1.54, 1.807) is 12.1 Å². The molecule has 2 aromatic carbocycles. The summed E-state index contributed by atoms with van der Waals surface area (Å²) in [6, 6.07) is 9.87. The zero-order chi connectivity index (χ0) is 17.7. The first-order chi connectivity index (χ1) is 12.0. The van der Waals surface area contributed by atoms with Crippen molar-refractivity contribution in [2.24, 2.45) is 5.92 Å². The minimum Gasteiger partial charge on any atom is -0.329 e. The Balaban J connectivity index is 1.49. The molecular weight excluding hydrogens is 332 g/mol. The number of rotatable bonds is 3. The van der Waals surface area contributed by atoms with Crippen molar-refractivity contribution in [3.05, 3.63) is 70.8 Å². The quantitative estimate of drug-likeness (QED) is 0.804. The molecule has 2 atom stereocenters. The van der Waals surface area contributed by atoms with Crippen molar-refractivity contribution in [1.29, 1.82) is 0 Å². The summed E-state index contributed by atoms with van der Waals surface area (Å²) in [6.45, 7) is 0. The van der Waals surface area contributed by atoms with Crippen molar-refractivity contribution in [1.82, 2.24) is 5.06 Å². The average Bonchev–Trinajstić information content (AvgIpc) is 3.37. The number of hydrogen-bond donors (Lipinski definition) is 0. The van der Waals surface area contributed by atoms with Crippen molar-refractivity contribution in [3.63, 3.8) is 0 Å². The molecule has 7 heteroatoms. The van der Waals surface area contributed by atoms with Crippen molar-refractivity contribution < 1.29 is 28.0 Å². The van der Waals surface area contributed by atoms with E-state index in [9.17, 15) is 23.2 Å². The van der Waals surface area contributed by atoms with Gasteiger partial charge in [0.1, 0.15) is 0 Å². The first-order valence-corrected chi connectivity index (χ1v) is 7.62. The highest BCUT2D eigenvalue weighted by Crippen LogP contribution is 2.49. The van der Waals surface area contributed by atoms with E-state index in [0.29, 0.717) is 5.06 Å². The second kappa shape index (κ2) is 5.47. The topological polar surface area (TPSA) is 63.7 Å². The molecule has 2 amide bonds. The molecule has 1 fully saturated rings. The lowest BCUT2D eigenvalue weighted by Crippen LogP contribution is -2.33. The number of imide groups is 1. The number of carbonyl (C=O) groups excluding carboxylic acids is 3. The molecule has 0 bridgehead atoms. The summed E-state index contributed by atoms with van der Waals surface area (Å²) in [5.41, 5.74) is 0.400. The van der Waals surface area contributed by atoms with E-state index in [1.807, 2.05) is 0 Å². The van der Waals surface area contributed by atoms with E-state index in [-0.39, 0.29) is 23.1 Å². The van der Waals surface area contributed by atoms with Gasteiger partial charge in [0.25, 0.3) is 11.8 Å². The van der Waals surface area contributed by atoms with Gasteiger partial charge in [0.15, 0.2) is 11.6 Å². The predicted octanol–water partition coefficient (Wildman–Crippen LogP) is 2.82. The molecule has 1 saturated carbocycles. The lowest BCUT2D eigenvalue weighted by Gasteiger charge is -2.12. The van der Waals surface area contributed by atoms with Gasteiger partial charge in [-0.2, -0.15) is 0 Å². The molecule has 0 spiro atoms. The van der Waals surface area contributed by atoms with Gasteiger partial charge >= 0.3 is 5.97 Å². The first kappa shape index (κ1) is 15.4. The van der Waals surface area contributed by atoms with Crippen molar-refractivity contribution in [3.8, 4) is 0 Å². The predicted molar refractivity (Wildman–Crippen MR) is 80.2 cm³/mol. The third kappa shape index (κ3) is 2.39. The molecule has 0 aromatic heterocycles. The van der Waals surface area contributed by atoms with Gasteiger partial charge in [0.2, 0.25) is 0 Å². The van der Waals surface area contributed by atoms with Gasteiger partial charge in [-0.25, -0.2) is 13.6 Å².